The Morgan fingerprint density at radius 3 is 3.05 bits per heavy atom. The van der Waals surface area contributed by atoms with Crippen molar-refractivity contribution < 1.29 is 19.0 Å². The highest BCUT2D eigenvalue weighted by molar-refractivity contribution is 4.96. The van der Waals surface area contributed by atoms with E-state index in [9.17, 15) is 5.11 Å². The zero-order valence-corrected chi connectivity index (χ0v) is 11.7. The van der Waals surface area contributed by atoms with E-state index in [1.165, 1.54) is 12.8 Å². The number of aliphatic hydroxyl groups excluding tert-OH is 1. The standard InChI is InChI=1S/C15H23NO4/c17-12(9-18-10-13-2-1-6-19-13)8-16-14-5-7-20-15(14)11-3-4-11/h1-2,6,11-12,14-17H,3-5,7-10H2. The first-order valence-corrected chi connectivity index (χ1v) is 7.46. The van der Waals surface area contributed by atoms with E-state index in [-0.39, 0.29) is 0 Å². The van der Waals surface area contributed by atoms with E-state index in [1.54, 1.807) is 6.26 Å². The fourth-order valence-corrected chi connectivity index (χ4v) is 2.76. The second kappa shape index (κ2) is 6.72. The van der Waals surface area contributed by atoms with Gasteiger partial charge >= 0.3 is 0 Å². The van der Waals surface area contributed by atoms with Gasteiger partial charge in [0.2, 0.25) is 0 Å². The second-order valence-electron chi connectivity index (χ2n) is 5.72. The summed E-state index contributed by atoms with van der Waals surface area (Å²) in [5.41, 5.74) is 0. The molecule has 1 aromatic rings. The average molecular weight is 281 g/mol. The van der Waals surface area contributed by atoms with Gasteiger partial charge in [0.1, 0.15) is 12.4 Å². The summed E-state index contributed by atoms with van der Waals surface area (Å²) in [4.78, 5) is 0. The van der Waals surface area contributed by atoms with Crippen LogP contribution in [-0.4, -0.2) is 43.1 Å². The van der Waals surface area contributed by atoms with Crippen molar-refractivity contribution in [2.75, 3.05) is 19.8 Å². The molecule has 3 atom stereocenters. The lowest BCUT2D eigenvalue weighted by Gasteiger charge is -2.21. The van der Waals surface area contributed by atoms with Crippen molar-refractivity contribution in [2.24, 2.45) is 5.92 Å². The maximum absolute atomic E-state index is 9.92. The minimum absolute atomic E-state index is 0.315. The molecule has 20 heavy (non-hydrogen) atoms. The van der Waals surface area contributed by atoms with Gasteiger partial charge in [-0.1, -0.05) is 0 Å². The van der Waals surface area contributed by atoms with E-state index in [0.717, 1.165) is 24.7 Å². The summed E-state index contributed by atoms with van der Waals surface area (Å²) in [5, 5.41) is 13.3. The molecule has 5 nitrogen and oxygen atoms in total. The number of nitrogens with one attached hydrogen (secondary N) is 1. The third-order valence-corrected chi connectivity index (χ3v) is 3.97. The largest absolute Gasteiger partial charge is 0.467 e. The van der Waals surface area contributed by atoms with Crippen molar-refractivity contribution in [3.8, 4) is 0 Å². The highest BCUT2D eigenvalue weighted by atomic mass is 16.5. The molecule has 1 saturated heterocycles. The number of furan rings is 1. The molecule has 1 saturated carbocycles. The van der Waals surface area contributed by atoms with Gasteiger partial charge in [0.15, 0.2) is 0 Å². The predicted octanol–water partition coefficient (Wildman–Crippen LogP) is 1.31. The van der Waals surface area contributed by atoms with Gasteiger partial charge < -0.3 is 24.3 Å². The van der Waals surface area contributed by atoms with Gasteiger partial charge in [-0.05, 0) is 37.3 Å². The van der Waals surface area contributed by atoms with Crippen LogP contribution < -0.4 is 5.32 Å². The molecule has 1 aromatic heterocycles. The first kappa shape index (κ1) is 14.1. The lowest BCUT2D eigenvalue weighted by atomic mass is 10.1. The molecule has 0 bridgehead atoms. The Kier molecular flexibility index (Phi) is 4.73. The Morgan fingerprint density at radius 1 is 1.40 bits per heavy atom. The van der Waals surface area contributed by atoms with Crippen molar-refractivity contribution in [1.29, 1.82) is 0 Å². The number of aliphatic hydroxyl groups is 1. The highest BCUT2D eigenvalue weighted by Crippen LogP contribution is 2.38. The lowest BCUT2D eigenvalue weighted by Crippen LogP contribution is -2.42. The number of hydrogen-bond acceptors (Lipinski definition) is 5. The topological polar surface area (TPSA) is 63.9 Å². The number of ether oxygens (including phenoxy) is 2. The minimum Gasteiger partial charge on any atom is -0.467 e. The van der Waals surface area contributed by atoms with Gasteiger partial charge in [-0.3, -0.25) is 0 Å². The molecule has 0 spiro atoms. The van der Waals surface area contributed by atoms with Crippen molar-refractivity contribution in [3.63, 3.8) is 0 Å². The summed E-state index contributed by atoms with van der Waals surface area (Å²) in [5.74, 6) is 1.52. The fourth-order valence-electron chi connectivity index (χ4n) is 2.76. The Hall–Kier alpha value is -0.880. The van der Waals surface area contributed by atoms with E-state index in [2.05, 4.69) is 5.32 Å². The van der Waals surface area contributed by atoms with Crippen LogP contribution >= 0.6 is 0 Å². The zero-order valence-electron chi connectivity index (χ0n) is 11.7. The lowest BCUT2D eigenvalue weighted by molar-refractivity contribution is 0.0188. The van der Waals surface area contributed by atoms with Crippen LogP contribution in [0.15, 0.2) is 22.8 Å². The SMILES string of the molecule is OC(CNC1CCOC1C1CC1)COCc1ccco1. The molecule has 112 valence electrons. The first-order valence-electron chi connectivity index (χ1n) is 7.46. The summed E-state index contributed by atoms with van der Waals surface area (Å²) in [7, 11) is 0. The molecule has 2 fully saturated rings. The van der Waals surface area contributed by atoms with Crippen LogP contribution in [-0.2, 0) is 16.1 Å². The van der Waals surface area contributed by atoms with Gasteiger partial charge in [-0.2, -0.15) is 0 Å². The zero-order chi connectivity index (χ0) is 13.8. The predicted molar refractivity (Wildman–Crippen MR) is 73.2 cm³/mol. The second-order valence-corrected chi connectivity index (χ2v) is 5.72. The van der Waals surface area contributed by atoms with E-state index in [4.69, 9.17) is 13.9 Å². The van der Waals surface area contributed by atoms with Gasteiger partial charge in [-0.25, -0.2) is 0 Å². The van der Waals surface area contributed by atoms with Crippen LogP contribution in [0.2, 0.25) is 0 Å². The van der Waals surface area contributed by atoms with Crippen LogP contribution in [0.25, 0.3) is 0 Å². The molecule has 1 aliphatic heterocycles. The van der Waals surface area contributed by atoms with Crippen molar-refractivity contribution in [1.82, 2.24) is 5.32 Å². The Labute approximate surface area is 119 Å². The van der Waals surface area contributed by atoms with E-state index in [1.807, 2.05) is 12.1 Å². The van der Waals surface area contributed by atoms with Crippen LogP contribution in [0.5, 0.6) is 0 Å². The Bertz CT molecular complexity index is 391. The van der Waals surface area contributed by atoms with Gasteiger partial charge in [0, 0.05) is 19.2 Å². The molecular formula is C15H23NO4. The summed E-state index contributed by atoms with van der Waals surface area (Å²) < 4.78 is 16.4. The van der Waals surface area contributed by atoms with Gasteiger partial charge in [-0.15, -0.1) is 0 Å². The van der Waals surface area contributed by atoms with Crippen LogP contribution in [0, 0.1) is 5.92 Å². The summed E-state index contributed by atoms with van der Waals surface area (Å²) >= 11 is 0. The molecule has 2 aliphatic rings. The van der Waals surface area contributed by atoms with Crippen LogP contribution in [0.4, 0.5) is 0 Å². The molecule has 5 heteroatoms. The van der Waals surface area contributed by atoms with Crippen LogP contribution in [0.1, 0.15) is 25.0 Å². The molecule has 0 radical (unpaired) electrons. The molecule has 1 aliphatic carbocycles. The smallest absolute Gasteiger partial charge is 0.129 e. The molecule has 2 N–H and O–H groups in total. The Morgan fingerprint density at radius 2 is 2.30 bits per heavy atom. The third kappa shape index (κ3) is 3.82. The normalized spacial score (nSPS) is 27.9. The molecule has 3 unspecified atom stereocenters. The van der Waals surface area contributed by atoms with E-state index in [0.29, 0.717) is 31.9 Å². The van der Waals surface area contributed by atoms with Crippen LogP contribution in [0.3, 0.4) is 0 Å². The van der Waals surface area contributed by atoms with Crippen molar-refractivity contribution >= 4 is 0 Å². The fraction of sp³-hybridized carbons (Fsp3) is 0.733. The molecule has 2 heterocycles. The summed E-state index contributed by atoms with van der Waals surface area (Å²) in [6.45, 7) is 2.11. The molecule has 0 aromatic carbocycles. The van der Waals surface area contributed by atoms with E-state index >= 15 is 0 Å². The minimum atomic E-state index is -0.495. The number of rotatable bonds is 8. The highest BCUT2D eigenvalue weighted by Gasteiger charge is 2.40. The third-order valence-electron chi connectivity index (χ3n) is 3.97. The van der Waals surface area contributed by atoms with E-state index < -0.39 is 6.10 Å². The molecular weight excluding hydrogens is 258 g/mol. The average Bonchev–Trinajstić information content (AvgIpc) is 2.98. The first-order chi connectivity index (χ1) is 9.83. The number of hydrogen-bond donors (Lipinski definition) is 2. The van der Waals surface area contributed by atoms with Crippen molar-refractivity contribution in [3.05, 3.63) is 24.2 Å². The monoisotopic (exact) mass is 281 g/mol. The summed E-state index contributed by atoms with van der Waals surface area (Å²) in [6, 6.07) is 4.08. The summed E-state index contributed by atoms with van der Waals surface area (Å²) in [6.07, 6.45) is 5.10. The Balaban J connectivity index is 1.31. The molecule has 3 rings (SSSR count). The van der Waals surface area contributed by atoms with Crippen molar-refractivity contribution in [2.45, 2.75) is 44.1 Å². The quantitative estimate of drug-likeness (QED) is 0.752. The maximum atomic E-state index is 9.92. The molecule has 0 amide bonds. The maximum Gasteiger partial charge on any atom is 0.129 e. The van der Waals surface area contributed by atoms with Gasteiger partial charge in [0.05, 0.1) is 25.1 Å². The van der Waals surface area contributed by atoms with Gasteiger partial charge in [0.25, 0.3) is 0 Å².